The Balaban J connectivity index is 0.00000561. The molecule has 0 amide bonds. The highest BCUT2D eigenvalue weighted by Gasteiger charge is 2.21. The minimum absolute atomic E-state index is 0. The van der Waals surface area contributed by atoms with Gasteiger partial charge in [0, 0.05) is 80.5 Å². The summed E-state index contributed by atoms with van der Waals surface area (Å²) >= 11 is 0. The zero-order valence-corrected chi connectivity index (χ0v) is 32.4. The SMILES string of the molecule is COc1ccccc1N1CCN(CCCOc2cc(C(=O)c3cn(CCCC(=O)O)c4ccccc34)ccc2NCc2ccc(CC(C)C)cc2)CC1.Cl. The molecular weight excluding hydrogens is 700 g/mol. The molecule has 6 rings (SSSR count). The zero-order chi connectivity index (χ0) is 37.2. The highest BCUT2D eigenvalue weighted by molar-refractivity contribution is 6.16. The third kappa shape index (κ3) is 10.4. The number of anilines is 2. The number of aliphatic carboxylic acids is 1. The molecule has 0 saturated carbocycles. The second-order valence-corrected chi connectivity index (χ2v) is 14.3. The number of halogens is 1. The molecule has 1 saturated heterocycles. The lowest BCUT2D eigenvalue weighted by Crippen LogP contribution is -2.46. The van der Waals surface area contributed by atoms with E-state index in [1.165, 1.54) is 11.1 Å². The molecule has 5 aromatic rings. The zero-order valence-electron chi connectivity index (χ0n) is 31.6. The Morgan fingerprint density at radius 3 is 2.30 bits per heavy atom. The van der Waals surface area contributed by atoms with Crippen LogP contribution in [0.3, 0.4) is 0 Å². The Morgan fingerprint density at radius 1 is 0.833 bits per heavy atom. The molecule has 0 spiro atoms. The van der Waals surface area contributed by atoms with Gasteiger partial charge in [-0.05, 0) is 72.7 Å². The first-order valence-corrected chi connectivity index (χ1v) is 18.8. The van der Waals surface area contributed by atoms with E-state index in [0.29, 0.717) is 48.9 Å². The number of benzene rings is 4. The number of para-hydroxylation sites is 3. The van der Waals surface area contributed by atoms with Crippen LogP contribution in [0.1, 0.15) is 60.2 Å². The van der Waals surface area contributed by atoms with Gasteiger partial charge in [0.05, 0.1) is 25.1 Å². The number of aryl methyl sites for hydroxylation is 1. The fourth-order valence-corrected chi connectivity index (χ4v) is 7.13. The molecule has 54 heavy (non-hydrogen) atoms. The number of carboxylic acid groups (broad SMARTS) is 1. The minimum atomic E-state index is -0.825. The molecule has 2 heterocycles. The Labute approximate surface area is 325 Å². The van der Waals surface area contributed by atoms with Crippen LogP contribution in [-0.4, -0.2) is 72.8 Å². The van der Waals surface area contributed by atoms with Crippen molar-refractivity contribution in [2.75, 3.05) is 56.7 Å². The summed E-state index contributed by atoms with van der Waals surface area (Å²) in [5.41, 5.74) is 6.54. The van der Waals surface area contributed by atoms with Gasteiger partial charge in [-0.2, -0.15) is 0 Å². The van der Waals surface area contributed by atoms with Crippen molar-refractivity contribution < 1.29 is 24.2 Å². The first-order valence-electron chi connectivity index (χ1n) is 18.8. The fourth-order valence-electron chi connectivity index (χ4n) is 7.13. The third-order valence-electron chi connectivity index (χ3n) is 9.89. The summed E-state index contributed by atoms with van der Waals surface area (Å²) in [5, 5.41) is 13.6. The molecule has 4 aromatic carbocycles. The number of piperazine rings is 1. The number of hydrogen-bond donors (Lipinski definition) is 2. The van der Waals surface area contributed by atoms with E-state index in [1.807, 2.05) is 65.4 Å². The van der Waals surface area contributed by atoms with Crippen LogP contribution in [0.15, 0.2) is 97.2 Å². The number of carbonyl (C=O) groups is 2. The summed E-state index contributed by atoms with van der Waals surface area (Å²) < 4.78 is 14.0. The number of ketones is 1. The molecule has 1 aliphatic heterocycles. The van der Waals surface area contributed by atoms with Crippen molar-refractivity contribution in [1.82, 2.24) is 9.47 Å². The van der Waals surface area contributed by atoms with E-state index in [1.54, 1.807) is 7.11 Å². The number of carbonyl (C=O) groups excluding carboxylic acids is 1. The number of hydrogen-bond acceptors (Lipinski definition) is 7. The Kier molecular flexibility index (Phi) is 14.4. The van der Waals surface area contributed by atoms with E-state index >= 15 is 0 Å². The van der Waals surface area contributed by atoms with Crippen molar-refractivity contribution in [3.05, 3.63) is 119 Å². The standard InChI is InChI=1S/C44H52N4O5.ClH/c1-32(2)28-33-15-17-34(18-16-33)30-45-38-20-19-35(44(51)37-31-48(22-8-14-43(49)50)39-11-5-4-10-36(37)39)29-42(38)53-27-9-21-46-23-25-47(26-24-46)40-12-6-7-13-41(40)52-3;/h4-7,10-13,15-20,29,31-32,45H,8-9,14,21-28,30H2,1-3H3,(H,49,50);1H. The first kappa shape index (κ1) is 40.2. The number of fused-ring (bicyclic) bond motifs is 1. The summed E-state index contributed by atoms with van der Waals surface area (Å²) in [5.74, 6) is 1.25. The summed E-state index contributed by atoms with van der Waals surface area (Å²) in [6, 6.07) is 30.4. The molecule has 2 N–H and O–H groups in total. The second-order valence-electron chi connectivity index (χ2n) is 14.3. The largest absolute Gasteiger partial charge is 0.495 e. The van der Waals surface area contributed by atoms with Crippen molar-refractivity contribution in [1.29, 1.82) is 0 Å². The molecule has 1 aromatic heterocycles. The van der Waals surface area contributed by atoms with Crippen molar-refractivity contribution in [2.45, 2.75) is 52.6 Å². The van der Waals surface area contributed by atoms with E-state index in [2.05, 4.69) is 65.4 Å². The monoisotopic (exact) mass is 752 g/mol. The molecule has 9 nitrogen and oxygen atoms in total. The van der Waals surface area contributed by atoms with Crippen LogP contribution < -0.4 is 19.7 Å². The lowest BCUT2D eigenvalue weighted by atomic mass is 10.0. The molecule has 10 heteroatoms. The summed E-state index contributed by atoms with van der Waals surface area (Å²) in [7, 11) is 1.72. The number of methoxy groups -OCH3 is 1. The van der Waals surface area contributed by atoms with Gasteiger partial charge in [0.2, 0.25) is 0 Å². The lowest BCUT2D eigenvalue weighted by Gasteiger charge is -2.36. The molecule has 0 bridgehead atoms. The van der Waals surface area contributed by atoms with Gasteiger partial charge in [0.25, 0.3) is 0 Å². The Hall–Kier alpha value is -4.99. The number of rotatable bonds is 18. The average Bonchev–Trinajstić information content (AvgIpc) is 3.54. The molecule has 0 radical (unpaired) electrons. The van der Waals surface area contributed by atoms with E-state index in [9.17, 15) is 9.59 Å². The van der Waals surface area contributed by atoms with Gasteiger partial charge >= 0.3 is 5.97 Å². The van der Waals surface area contributed by atoms with Crippen molar-refractivity contribution in [3.63, 3.8) is 0 Å². The van der Waals surface area contributed by atoms with Gasteiger partial charge in [-0.25, -0.2) is 0 Å². The highest BCUT2D eigenvalue weighted by atomic mass is 35.5. The van der Waals surface area contributed by atoms with Gasteiger partial charge in [-0.1, -0.05) is 68.4 Å². The molecule has 1 fully saturated rings. The van der Waals surface area contributed by atoms with Crippen LogP contribution in [0.2, 0.25) is 0 Å². The minimum Gasteiger partial charge on any atom is -0.495 e. The average molecular weight is 753 g/mol. The third-order valence-corrected chi connectivity index (χ3v) is 9.89. The smallest absolute Gasteiger partial charge is 0.303 e. The molecule has 0 atom stereocenters. The Bertz CT molecular complexity index is 1990. The maximum Gasteiger partial charge on any atom is 0.303 e. The molecule has 286 valence electrons. The predicted molar refractivity (Wildman–Crippen MR) is 220 cm³/mol. The predicted octanol–water partition coefficient (Wildman–Crippen LogP) is 8.57. The fraction of sp³-hybridized carbons (Fsp3) is 0.364. The van der Waals surface area contributed by atoms with Crippen LogP contribution in [-0.2, 0) is 24.3 Å². The summed E-state index contributed by atoms with van der Waals surface area (Å²) in [6.45, 7) is 10.9. The number of carboxylic acids is 1. The molecule has 1 aliphatic rings. The van der Waals surface area contributed by atoms with Crippen molar-refractivity contribution in [3.8, 4) is 11.5 Å². The second kappa shape index (κ2) is 19.4. The maximum atomic E-state index is 14.1. The lowest BCUT2D eigenvalue weighted by molar-refractivity contribution is -0.137. The van der Waals surface area contributed by atoms with Crippen LogP contribution in [0.4, 0.5) is 11.4 Å². The van der Waals surface area contributed by atoms with Crippen LogP contribution in [0, 0.1) is 5.92 Å². The van der Waals surface area contributed by atoms with E-state index in [-0.39, 0.29) is 24.6 Å². The van der Waals surface area contributed by atoms with E-state index in [4.69, 9.17) is 14.6 Å². The Morgan fingerprint density at radius 2 is 1.56 bits per heavy atom. The van der Waals surface area contributed by atoms with Crippen molar-refractivity contribution in [2.24, 2.45) is 5.92 Å². The van der Waals surface area contributed by atoms with E-state index in [0.717, 1.165) is 73.6 Å². The topological polar surface area (TPSA) is 96.3 Å². The number of ether oxygens (including phenoxy) is 2. The van der Waals surface area contributed by atoms with Gasteiger partial charge in [0.15, 0.2) is 5.78 Å². The number of aromatic nitrogens is 1. The summed E-state index contributed by atoms with van der Waals surface area (Å²) in [4.78, 5) is 30.1. The molecule has 0 unspecified atom stereocenters. The van der Waals surface area contributed by atoms with E-state index < -0.39 is 5.97 Å². The van der Waals surface area contributed by atoms with Crippen LogP contribution in [0.5, 0.6) is 11.5 Å². The van der Waals surface area contributed by atoms with Gasteiger partial charge in [-0.3, -0.25) is 14.5 Å². The van der Waals surface area contributed by atoms with Gasteiger partial charge in [-0.15, -0.1) is 12.4 Å². The number of nitrogens with one attached hydrogen (secondary N) is 1. The highest BCUT2D eigenvalue weighted by Crippen LogP contribution is 2.31. The maximum absolute atomic E-state index is 14.1. The quantitative estimate of drug-likeness (QED) is 0.0679. The first-order chi connectivity index (χ1) is 25.8. The van der Waals surface area contributed by atoms with Crippen LogP contribution >= 0.6 is 12.4 Å². The van der Waals surface area contributed by atoms with Gasteiger partial charge < -0.3 is 29.4 Å². The molecular formula is C44H53ClN4O5. The van der Waals surface area contributed by atoms with Crippen LogP contribution in [0.25, 0.3) is 10.9 Å². The van der Waals surface area contributed by atoms with Crippen molar-refractivity contribution >= 4 is 46.4 Å². The summed E-state index contributed by atoms with van der Waals surface area (Å²) in [6.07, 6.45) is 4.33. The van der Waals surface area contributed by atoms with Gasteiger partial charge in [0.1, 0.15) is 11.5 Å². The number of nitrogens with zero attached hydrogens (tertiary/aromatic N) is 3. The normalized spacial score (nSPS) is 13.1. The molecule has 0 aliphatic carbocycles.